The minimum absolute atomic E-state index is 0.256. The van der Waals surface area contributed by atoms with Crippen LogP contribution in [0.1, 0.15) is 18.4 Å². The molecule has 7 heteroatoms. The summed E-state index contributed by atoms with van der Waals surface area (Å²) in [6.45, 7) is 0. The van der Waals surface area contributed by atoms with E-state index in [9.17, 15) is 0 Å². The fourth-order valence-electron chi connectivity index (χ4n) is 1.62. The molecule has 1 aliphatic carbocycles. The molecular formula is C11H11N7. The van der Waals surface area contributed by atoms with E-state index in [0.717, 1.165) is 12.8 Å². The predicted molar refractivity (Wildman–Crippen MR) is 64.9 cm³/mol. The molecule has 0 saturated heterocycles. The van der Waals surface area contributed by atoms with Crippen LogP contribution in [0.2, 0.25) is 0 Å². The molecule has 18 heavy (non-hydrogen) atoms. The first kappa shape index (κ1) is 10.5. The maximum atomic E-state index is 9.13. The molecule has 0 aromatic carbocycles. The molecule has 0 amide bonds. The Morgan fingerprint density at radius 3 is 2.72 bits per heavy atom. The zero-order valence-corrected chi connectivity index (χ0v) is 9.54. The van der Waals surface area contributed by atoms with Crippen LogP contribution in [0.4, 0.5) is 11.6 Å². The Morgan fingerprint density at radius 2 is 2.11 bits per heavy atom. The number of rotatable bonds is 3. The predicted octanol–water partition coefficient (Wildman–Crippen LogP) is 0.690. The second-order valence-corrected chi connectivity index (χ2v) is 4.10. The molecule has 0 aliphatic heterocycles. The van der Waals surface area contributed by atoms with Gasteiger partial charge in [-0.05, 0) is 18.9 Å². The van der Waals surface area contributed by atoms with E-state index < -0.39 is 0 Å². The molecule has 0 bridgehead atoms. The van der Waals surface area contributed by atoms with E-state index in [1.54, 1.807) is 18.5 Å². The zero-order valence-electron chi connectivity index (χ0n) is 9.54. The third kappa shape index (κ3) is 1.73. The summed E-state index contributed by atoms with van der Waals surface area (Å²) in [6, 6.07) is 4.17. The summed E-state index contributed by atoms with van der Waals surface area (Å²) in [7, 11) is 0. The van der Waals surface area contributed by atoms with Gasteiger partial charge in [0, 0.05) is 18.4 Å². The van der Waals surface area contributed by atoms with Gasteiger partial charge < -0.3 is 11.1 Å². The molecule has 1 saturated carbocycles. The van der Waals surface area contributed by atoms with Crippen LogP contribution in [0.25, 0.3) is 5.95 Å². The number of hydrogen-bond acceptors (Lipinski definition) is 6. The monoisotopic (exact) mass is 241 g/mol. The molecule has 2 heterocycles. The Kier molecular flexibility index (Phi) is 2.34. The molecule has 3 rings (SSSR count). The van der Waals surface area contributed by atoms with Crippen molar-refractivity contribution >= 4 is 11.6 Å². The number of nitrogens with zero attached hydrogens (tertiary/aromatic N) is 5. The lowest BCUT2D eigenvalue weighted by atomic mass is 10.3. The van der Waals surface area contributed by atoms with Crippen molar-refractivity contribution in [3.8, 4) is 12.0 Å². The molecular weight excluding hydrogens is 230 g/mol. The molecule has 0 atom stereocenters. The highest BCUT2D eigenvalue weighted by Gasteiger charge is 2.25. The summed E-state index contributed by atoms with van der Waals surface area (Å²) in [5.41, 5.74) is 6.24. The van der Waals surface area contributed by atoms with Gasteiger partial charge in [0.25, 0.3) is 5.95 Å². The molecule has 1 fully saturated rings. The quantitative estimate of drug-likeness (QED) is 0.819. The minimum Gasteiger partial charge on any atom is -0.382 e. The first-order valence-electron chi connectivity index (χ1n) is 5.62. The normalized spacial score (nSPS) is 14.2. The van der Waals surface area contributed by atoms with Crippen LogP contribution in [-0.2, 0) is 0 Å². The Morgan fingerprint density at radius 1 is 1.39 bits per heavy atom. The van der Waals surface area contributed by atoms with Gasteiger partial charge in [0.1, 0.15) is 11.6 Å². The molecule has 0 radical (unpaired) electrons. The standard InChI is InChI=1S/C11H11N7/c12-6-8-9(13)18(11-14-4-1-5-15-11)17-10(8)16-7-2-3-7/h1,4-5,7H,2-3,13H2,(H,16,17). The minimum atomic E-state index is 0.256. The Labute approximate surface area is 103 Å². The van der Waals surface area contributed by atoms with Crippen LogP contribution in [0, 0.1) is 11.3 Å². The van der Waals surface area contributed by atoms with Crippen LogP contribution < -0.4 is 11.1 Å². The van der Waals surface area contributed by atoms with Gasteiger partial charge in [0.05, 0.1) is 0 Å². The van der Waals surface area contributed by atoms with Crippen molar-refractivity contribution in [3.63, 3.8) is 0 Å². The van der Waals surface area contributed by atoms with Gasteiger partial charge in [-0.3, -0.25) is 0 Å². The summed E-state index contributed by atoms with van der Waals surface area (Å²) in [5, 5.41) is 16.6. The molecule has 90 valence electrons. The lowest BCUT2D eigenvalue weighted by molar-refractivity contribution is 0.816. The molecule has 7 nitrogen and oxygen atoms in total. The number of nitrogens with two attached hydrogens (primary N) is 1. The van der Waals surface area contributed by atoms with E-state index in [1.165, 1.54) is 4.68 Å². The fourth-order valence-corrected chi connectivity index (χ4v) is 1.62. The average Bonchev–Trinajstić information content (AvgIpc) is 3.15. The van der Waals surface area contributed by atoms with Crippen LogP contribution >= 0.6 is 0 Å². The maximum Gasteiger partial charge on any atom is 0.252 e. The van der Waals surface area contributed by atoms with Crippen LogP contribution in [0.15, 0.2) is 18.5 Å². The average molecular weight is 241 g/mol. The number of nitriles is 1. The zero-order chi connectivity index (χ0) is 12.5. The van der Waals surface area contributed by atoms with Gasteiger partial charge >= 0.3 is 0 Å². The van der Waals surface area contributed by atoms with Gasteiger partial charge in [0.2, 0.25) is 0 Å². The Bertz CT molecular complexity index is 606. The van der Waals surface area contributed by atoms with E-state index in [-0.39, 0.29) is 5.82 Å². The van der Waals surface area contributed by atoms with Gasteiger partial charge in [0.15, 0.2) is 11.6 Å². The number of nitrogen functional groups attached to an aromatic ring is 1. The maximum absolute atomic E-state index is 9.13. The third-order valence-electron chi connectivity index (χ3n) is 2.69. The molecule has 0 unspecified atom stereocenters. The van der Waals surface area contributed by atoms with Crippen LogP contribution in [0.5, 0.6) is 0 Å². The van der Waals surface area contributed by atoms with Gasteiger partial charge in [-0.25, -0.2) is 9.97 Å². The highest BCUT2D eigenvalue weighted by atomic mass is 15.4. The summed E-state index contributed by atoms with van der Waals surface area (Å²) >= 11 is 0. The van der Waals surface area contributed by atoms with Crippen molar-refractivity contribution in [1.82, 2.24) is 19.7 Å². The van der Waals surface area contributed by atoms with Crippen molar-refractivity contribution in [2.45, 2.75) is 18.9 Å². The summed E-state index contributed by atoms with van der Waals surface area (Å²) < 4.78 is 1.38. The fraction of sp³-hybridized carbons (Fsp3) is 0.273. The van der Waals surface area contributed by atoms with Crippen LogP contribution in [-0.4, -0.2) is 25.8 Å². The number of anilines is 2. The van der Waals surface area contributed by atoms with Gasteiger partial charge in [-0.1, -0.05) is 0 Å². The number of hydrogen-bond donors (Lipinski definition) is 2. The van der Waals surface area contributed by atoms with E-state index in [2.05, 4.69) is 26.5 Å². The van der Waals surface area contributed by atoms with E-state index in [4.69, 9.17) is 11.0 Å². The van der Waals surface area contributed by atoms with E-state index in [0.29, 0.717) is 23.4 Å². The van der Waals surface area contributed by atoms with E-state index >= 15 is 0 Å². The van der Waals surface area contributed by atoms with E-state index in [1.807, 2.05) is 0 Å². The third-order valence-corrected chi connectivity index (χ3v) is 2.69. The summed E-state index contributed by atoms with van der Waals surface area (Å²) in [4.78, 5) is 8.13. The highest BCUT2D eigenvalue weighted by Crippen LogP contribution is 2.28. The van der Waals surface area contributed by atoms with Crippen molar-refractivity contribution < 1.29 is 0 Å². The first-order chi connectivity index (χ1) is 8.79. The summed E-state index contributed by atoms with van der Waals surface area (Å²) in [6.07, 6.45) is 5.39. The van der Waals surface area contributed by atoms with Crippen molar-refractivity contribution in [2.75, 3.05) is 11.1 Å². The molecule has 2 aromatic rings. The van der Waals surface area contributed by atoms with Crippen molar-refractivity contribution in [3.05, 3.63) is 24.0 Å². The topological polar surface area (TPSA) is 105 Å². The summed E-state index contributed by atoms with van der Waals surface area (Å²) in [5.74, 6) is 1.12. The highest BCUT2D eigenvalue weighted by molar-refractivity contribution is 5.65. The molecule has 3 N–H and O–H groups in total. The second kappa shape index (κ2) is 4.00. The smallest absolute Gasteiger partial charge is 0.252 e. The largest absolute Gasteiger partial charge is 0.382 e. The second-order valence-electron chi connectivity index (χ2n) is 4.10. The Hall–Kier alpha value is -2.62. The number of nitrogens with one attached hydrogen (secondary N) is 1. The van der Waals surface area contributed by atoms with Gasteiger partial charge in [-0.15, -0.1) is 5.10 Å². The van der Waals surface area contributed by atoms with Gasteiger partial charge in [-0.2, -0.15) is 9.94 Å². The van der Waals surface area contributed by atoms with Crippen LogP contribution in [0.3, 0.4) is 0 Å². The van der Waals surface area contributed by atoms with Crippen molar-refractivity contribution in [2.24, 2.45) is 0 Å². The molecule has 2 aromatic heterocycles. The molecule has 1 aliphatic rings. The van der Waals surface area contributed by atoms with Crippen molar-refractivity contribution in [1.29, 1.82) is 5.26 Å². The number of aromatic nitrogens is 4. The molecule has 0 spiro atoms. The lowest BCUT2D eigenvalue weighted by Gasteiger charge is -1.99. The SMILES string of the molecule is N#Cc1c(NC2CC2)nn(-c2ncccn2)c1N. The lowest BCUT2D eigenvalue weighted by Crippen LogP contribution is -2.07. The first-order valence-corrected chi connectivity index (χ1v) is 5.62. The Balaban J connectivity index is 2.05.